The van der Waals surface area contributed by atoms with E-state index in [-0.39, 0.29) is 5.91 Å². The molecule has 0 aromatic heterocycles. The third-order valence-electron chi connectivity index (χ3n) is 2.97. The highest BCUT2D eigenvalue weighted by molar-refractivity contribution is 9.10. The highest BCUT2D eigenvalue weighted by Gasteiger charge is 2.06. The van der Waals surface area contributed by atoms with Gasteiger partial charge in [0.2, 0.25) is 5.91 Å². The Morgan fingerprint density at radius 1 is 1.09 bits per heavy atom. The fourth-order valence-corrected chi connectivity index (χ4v) is 2.28. The van der Waals surface area contributed by atoms with Gasteiger partial charge in [-0.1, -0.05) is 34.1 Å². The van der Waals surface area contributed by atoms with E-state index in [4.69, 9.17) is 9.47 Å². The maximum atomic E-state index is 12.1. The first-order valence-corrected chi connectivity index (χ1v) is 7.39. The predicted octanol–water partition coefficient (Wildman–Crippen LogP) is 4.12. The van der Waals surface area contributed by atoms with E-state index in [1.807, 2.05) is 30.3 Å². The third kappa shape index (κ3) is 4.11. The molecule has 1 N–H and O–H groups in total. The molecule has 4 nitrogen and oxygen atoms in total. The summed E-state index contributed by atoms with van der Waals surface area (Å²) in [6, 6.07) is 12.9. The molecule has 22 heavy (non-hydrogen) atoms. The van der Waals surface area contributed by atoms with Crippen molar-refractivity contribution in [1.82, 2.24) is 0 Å². The van der Waals surface area contributed by atoms with Gasteiger partial charge < -0.3 is 14.8 Å². The van der Waals surface area contributed by atoms with E-state index in [9.17, 15) is 4.79 Å². The molecule has 2 rings (SSSR count). The van der Waals surface area contributed by atoms with Crippen molar-refractivity contribution in [3.8, 4) is 11.5 Å². The molecule has 0 heterocycles. The van der Waals surface area contributed by atoms with E-state index in [0.29, 0.717) is 17.2 Å². The molecule has 0 bridgehead atoms. The third-order valence-corrected chi connectivity index (χ3v) is 3.47. The van der Waals surface area contributed by atoms with Crippen LogP contribution in [0.4, 0.5) is 5.69 Å². The number of hydrogen-bond acceptors (Lipinski definition) is 3. The summed E-state index contributed by atoms with van der Waals surface area (Å²) in [7, 11) is 3.16. The lowest BCUT2D eigenvalue weighted by atomic mass is 10.2. The standard InChI is InChI=1S/C17H16BrNO3/c1-21-15-6-4-3-5-12(15)7-10-17(20)19-14-11-13(18)8-9-16(14)22-2/h3-11H,1-2H3,(H,19,20). The van der Waals surface area contributed by atoms with Gasteiger partial charge in [0.15, 0.2) is 0 Å². The number of methoxy groups -OCH3 is 2. The lowest BCUT2D eigenvalue weighted by molar-refractivity contribution is -0.111. The maximum absolute atomic E-state index is 12.1. The summed E-state index contributed by atoms with van der Waals surface area (Å²) in [5.74, 6) is 1.07. The van der Waals surface area contributed by atoms with Crippen LogP contribution in [0, 0.1) is 0 Å². The molecule has 2 aromatic carbocycles. The van der Waals surface area contributed by atoms with Crippen LogP contribution in [-0.2, 0) is 4.79 Å². The Balaban J connectivity index is 2.13. The average Bonchev–Trinajstić information content (AvgIpc) is 2.53. The van der Waals surface area contributed by atoms with Crippen LogP contribution in [0.2, 0.25) is 0 Å². The largest absolute Gasteiger partial charge is 0.496 e. The second-order valence-electron chi connectivity index (χ2n) is 4.41. The predicted molar refractivity (Wildman–Crippen MR) is 91.4 cm³/mol. The highest BCUT2D eigenvalue weighted by atomic mass is 79.9. The summed E-state index contributed by atoms with van der Waals surface area (Å²) in [6.07, 6.45) is 3.16. The van der Waals surface area contributed by atoms with Crippen molar-refractivity contribution in [1.29, 1.82) is 0 Å². The minimum absolute atomic E-state index is 0.248. The number of ether oxygens (including phenoxy) is 2. The lowest BCUT2D eigenvalue weighted by Crippen LogP contribution is -2.09. The summed E-state index contributed by atoms with van der Waals surface area (Å²) >= 11 is 3.37. The fourth-order valence-electron chi connectivity index (χ4n) is 1.92. The summed E-state index contributed by atoms with van der Waals surface area (Å²) in [5, 5.41) is 2.79. The molecule has 0 aliphatic carbocycles. The topological polar surface area (TPSA) is 47.6 Å². The van der Waals surface area contributed by atoms with Gasteiger partial charge in [-0.3, -0.25) is 4.79 Å². The number of carbonyl (C=O) groups is 1. The number of hydrogen-bond donors (Lipinski definition) is 1. The Labute approximate surface area is 137 Å². The number of anilines is 1. The Hall–Kier alpha value is -2.27. The Morgan fingerprint density at radius 2 is 1.82 bits per heavy atom. The zero-order valence-corrected chi connectivity index (χ0v) is 13.9. The fraction of sp³-hybridized carbons (Fsp3) is 0.118. The average molecular weight is 362 g/mol. The van der Waals surface area contributed by atoms with E-state index in [1.165, 1.54) is 6.08 Å². The van der Waals surface area contributed by atoms with Crippen LogP contribution < -0.4 is 14.8 Å². The van der Waals surface area contributed by atoms with Crippen LogP contribution in [0.15, 0.2) is 53.0 Å². The van der Waals surface area contributed by atoms with Crippen molar-refractivity contribution in [2.24, 2.45) is 0 Å². The molecule has 114 valence electrons. The minimum atomic E-state index is -0.248. The summed E-state index contributed by atoms with van der Waals surface area (Å²) < 4.78 is 11.3. The SMILES string of the molecule is COc1ccccc1C=CC(=O)Nc1cc(Br)ccc1OC. The number of halogens is 1. The number of rotatable bonds is 5. The molecule has 0 aliphatic rings. The lowest BCUT2D eigenvalue weighted by Gasteiger charge is -2.09. The molecule has 0 spiro atoms. The maximum Gasteiger partial charge on any atom is 0.248 e. The van der Waals surface area contributed by atoms with Gasteiger partial charge >= 0.3 is 0 Å². The number of carbonyl (C=O) groups excluding carboxylic acids is 1. The molecule has 0 radical (unpaired) electrons. The van der Waals surface area contributed by atoms with Crippen LogP contribution in [0.25, 0.3) is 6.08 Å². The summed E-state index contributed by atoms with van der Waals surface area (Å²) in [6.45, 7) is 0. The second kappa shape index (κ2) is 7.66. The van der Waals surface area contributed by atoms with Gasteiger partial charge in [-0.15, -0.1) is 0 Å². The van der Waals surface area contributed by atoms with E-state index in [0.717, 1.165) is 10.0 Å². The first-order chi connectivity index (χ1) is 10.6. The number of nitrogens with one attached hydrogen (secondary N) is 1. The summed E-state index contributed by atoms with van der Waals surface area (Å²) in [5.41, 5.74) is 1.44. The van der Waals surface area contributed by atoms with Gasteiger partial charge in [0.25, 0.3) is 0 Å². The van der Waals surface area contributed by atoms with Crippen molar-refractivity contribution >= 4 is 33.6 Å². The Bertz CT molecular complexity index is 698. The molecule has 0 atom stereocenters. The first-order valence-electron chi connectivity index (χ1n) is 6.59. The summed E-state index contributed by atoms with van der Waals surface area (Å²) in [4.78, 5) is 12.1. The molecule has 5 heteroatoms. The smallest absolute Gasteiger partial charge is 0.248 e. The quantitative estimate of drug-likeness (QED) is 0.814. The second-order valence-corrected chi connectivity index (χ2v) is 5.32. The van der Waals surface area contributed by atoms with Crippen molar-refractivity contribution in [3.05, 3.63) is 58.6 Å². The molecular weight excluding hydrogens is 346 g/mol. The molecule has 0 unspecified atom stereocenters. The zero-order chi connectivity index (χ0) is 15.9. The van der Waals surface area contributed by atoms with Crippen molar-refractivity contribution < 1.29 is 14.3 Å². The molecule has 0 saturated carbocycles. The molecular formula is C17H16BrNO3. The molecule has 0 saturated heterocycles. The van der Waals surface area contributed by atoms with E-state index in [1.54, 1.807) is 32.4 Å². The zero-order valence-electron chi connectivity index (χ0n) is 12.3. The number of para-hydroxylation sites is 1. The highest BCUT2D eigenvalue weighted by Crippen LogP contribution is 2.28. The number of amides is 1. The van der Waals surface area contributed by atoms with Crippen molar-refractivity contribution in [2.45, 2.75) is 0 Å². The number of benzene rings is 2. The minimum Gasteiger partial charge on any atom is -0.496 e. The molecule has 2 aromatic rings. The monoisotopic (exact) mass is 361 g/mol. The van der Waals surface area contributed by atoms with E-state index < -0.39 is 0 Å². The Kier molecular flexibility index (Phi) is 5.61. The van der Waals surface area contributed by atoms with Crippen LogP contribution in [-0.4, -0.2) is 20.1 Å². The van der Waals surface area contributed by atoms with Gasteiger partial charge in [0.1, 0.15) is 11.5 Å². The van der Waals surface area contributed by atoms with Crippen LogP contribution in [0.5, 0.6) is 11.5 Å². The van der Waals surface area contributed by atoms with Gasteiger partial charge in [-0.05, 0) is 30.3 Å². The van der Waals surface area contributed by atoms with Crippen molar-refractivity contribution in [3.63, 3.8) is 0 Å². The van der Waals surface area contributed by atoms with E-state index >= 15 is 0 Å². The van der Waals surface area contributed by atoms with Gasteiger partial charge in [-0.25, -0.2) is 0 Å². The van der Waals surface area contributed by atoms with Crippen molar-refractivity contribution in [2.75, 3.05) is 19.5 Å². The molecule has 0 aliphatic heterocycles. The van der Waals surface area contributed by atoms with Crippen LogP contribution in [0.1, 0.15) is 5.56 Å². The van der Waals surface area contributed by atoms with Crippen LogP contribution in [0.3, 0.4) is 0 Å². The van der Waals surface area contributed by atoms with E-state index in [2.05, 4.69) is 21.2 Å². The molecule has 1 amide bonds. The van der Waals surface area contributed by atoms with Gasteiger partial charge in [-0.2, -0.15) is 0 Å². The normalized spacial score (nSPS) is 10.5. The van der Waals surface area contributed by atoms with Crippen LogP contribution >= 0.6 is 15.9 Å². The van der Waals surface area contributed by atoms with Gasteiger partial charge in [0, 0.05) is 16.1 Å². The first kappa shape index (κ1) is 16.1. The van der Waals surface area contributed by atoms with Gasteiger partial charge in [0.05, 0.1) is 19.9 Å². The molecule has 0 fully saturated rings. The Morgan fingerprint density at radius 3 is 2.55 bits per heavy atom.